The van der Waals surface area contributed by atoms with E-state index in [0.29, 0.717) is 5.89 Å². The molecule has 0 amide bonds. The fourth-order valence-corrected chi connectivity index (χ4v) is 2.95. The van der Waals surface area contributed by atoms with Crippen molar-refractivity contribution in [1.82, 2.24) is 14.9 Å². The molecule has 1 heterocycles. The Bertz CT molecular complexity index is 708. The monoisotopic (exact) mass is 309 g/mol. The quantitative estimate of drug-likeness (QED) is 0.883. The Hall–Kier alpha value is -1.73. The lowest BCUT2D eigenvalue weighted by Gasteiger charge is -2.07. The van der Waals surface area contributed by atoms with Gasteiger partial charge < -0.3 is 4.42 Å². The first-order valence-electron chi connectivity index (χ1n) is 6.71. The molecule has 2 rings (SSSR count). The lowest BCUT2D eigenvalue weighted by Crippen LogP contribution is -2.25. The lowest BCUT2D eigenvalue weighted by molar-refractivity contribution is 0.427. The summed E-state index contributed by atoms with van der Waals surface area (Å²) in [5.41, 5.74) is 1.72. The van der Waals surface area contributed by atoms with Crippen molar-refractivity contribution in [2.45, 2.75) is 39.0 Å². The standard InChI is InChI=1S/C14H19N3O3S/c1-10(2)14-17-16-13(20-14)8-15-21(18,19)9-12-7-5-4-6-11(12)3/h4-7,10,15H,8-9H2,1-3H3. The second kappa shape index (κ2) is 6.36. The van der Waals surface area contributed by atoms with Crippen LogP contribution in [0, 0.1) is 6.92 Å². The van der Waals surface area contributed by atoms with Crippen LogP contribution in [-0.2, 0) is 22.3 Å². The Balaban J connectivity index is 1.99. The second-order valence-electron chi connectivity index (χ2n) is 5.20. The van der Waals surface area contributed by atoms with E-state index in [2.05, 4.69) is 14.9 Å². The summed E-state index contributed by atoms with van der Waals surface area (Å²) >= 11 is 0. The molecular weight excluding hydrogens is 290 g/mol. The number of aryl methyl sites for hydroxylation is 1. The predicted octanol–water partition coefficient (Wildman–Crippen LogP) is 2.12. The highest BCUT2D eigenvalue weighted by atomic mass is 32.2. The largest absolute Gasteiger partial charge is 0.424 e. The number of benzene rings is 1. The maximum Gasteiger partial charge on any atom is 0.231 e. The minimum absolute atomic E-state index is 0.00787. The van der Waals surface area contributed by atoms with Gasteiger partial charge in [0.1, 0.15) is 0 Å². The summed E-state index contributed by atoms with van der Waals surface area (Å²) in [4.78, 5) is 0. The van der Waals surface area contributed by atoms with E-state index >= 15 is 0 Å². The molecule has 0 saturated heterocycles. The lowest BCUT2D eigenvalue weighted by atomic mass is 10.1. The van der Waals surface area contributed by atoms with Gasteiger partial charge in [-0.05, 0) is 18.1 Å². The average Bonchev–Trinajstić information content (AvgIpc) is 2.88. The van der Waals surface area contributed by atoms with Crippen molar-refractivity contribution in [3.63, 3.8) is 0 Å². The van der Waals surface area contributed by atoms with Gasteiger partial charge >= 0.3 is 0 Å². The number of sulfonamides is 1. The molecule has 0 unspecified atom stereocenters. The van der Waals surface area contributed by atoms with Crippen LogP contribution < -0.4 is 4.72 Å². The van der Waals surface area contributed by atoms with Crippen molar-refractivity contribution in [2.24, 2.45) is 0 Å². The normalized spacial score (nSPS) is 12.0. The Kier molecular flexibility index (Phi) is 4.74. The minimum atomic E-state index is -3.44. The predicted molar refractivity (Wildman–Crippen MR) is 79.0 cm³/mol. The van der Waals surface area contributed by atoms with Crippen LogP contribution in [-0.4, -0.2) is 18.6 Å². The van der Waals surface area contributed by atoms with Gasteiger partial charge in [0.25, 0.3) is 0 Å². The number of hydrogen-bond donors (Lipinski definition) is 1. The SMILES string of the molecule is Cc1ccccc1CS(=O)(=O)NCc1nnc(C(C)C)o1. The van der Waals surface area contributed by atoms with Gasteiger partial charge in [-0.15, -0.1) is 10.2 Å². The van der Waals surface area contributed by atoms with E-state index in [9.17, 15) is 8.42 Å². The molecular formula is C14H19N3O3S. The van der Waals surface area contributed by atoms with E-state index in [1.165, 1.54) is 0 Å². The van der Waals surface area contributed by atoms with Gasteiger partial charge in [0.15, 0.2) is 0 Å². The van der Waals surface area contributed by atoms with Crippen molar-refractivity contribution < 1.29 is 12.8 Å². The highest BCUT2D eigenvalue weighted by Gasteiger charge is 2.15. The van der Waals surface area contributed by atoms with E-state index in [1.807, 2.05) is 39.0 Å². The van der Waals surface area contributed by atoms with E-state index in [4.69, 9.17) is 4.42 Å². The molecule has 1 aromatic carbocycles. The molecule has 0 spiro atoms. The van der Waals surface area contributed by atoms with Crippen molar-refractivity contribution in [1.29, 1.82) is 0 Å². The summed E-state index contributed by atoms with van der Waals surface area (Å²) in [5.74, 6) is 0.829. The third-order valence-corrected chi connectivity index (χ3v) is 4.30. The highest BCUT2D eigenvalue weighted by molar-refractivity contribution is 7.88. The van der Waals surface area contributed by atoms with E-state index in [-0.39, 0.29) is 24.1 Å². The van der Waals surface area contributed by atoms with E-state index in [0.717, 1.165) is 11.1 Å². The second-order valence-corrected chi connectivity index (χ2v) is 7.00. The van der Waals surface area contributed by atoms with Crippen LogP contribution in [0.3, 0.4) is 0 Å². The number of aromatic nitrogens is 2. The third-order valence-electron chi connectivity index (χ3n) is 3.03. The molecule has 0 saturated carbocycles. The zero-order valence-corrected chi connectivity index (χ0v) is 13.1. The van der Waals surface area contributed by atoms with E-state index < -0.39 is 10.0 Å². The summed E-state index contributed by atoms with van der Waals surface area (Å²) in [6, 6.07) is 7.39. The molecule has 0 radical (unpaired) electrons. The van der Waals surface area contributed by atoms with Crippen LogP contribution in [0.5, 0.6) is 0 Å². The van der Waals surface area contributed by atoms with Gasteiger partial charge in [-0.3, -0.25) is 0 Å². The summed E-state index contributed by atoms with van der Waals surface area (Å²) in [6.45, 7) is 5.75. The average molecular weight is 309 g/mol. The molecule has 1 N–H and O–H groups in total. The number of hydrogen-bond acceptors (Lipinski definition) is 5. The Morgan fingerprint density at radius 3 is 2.57 bits per heavy atom. The molecule has 0 bridgehead atoms. The number of nitrogens with zero attached hydrogens (tertiary/aromatic N) is 2. The van der Waals surface area contributed by atoms with Crippen LogP contribution in [0.1, 0.15) is 42.7 Å². The van der Waals surface area contributed by atoms with Crippen molar-refractivity contribution in [3.8, 4) is 0 Å². The van der Waals surface area contributed by atoms with Gasteiger partial charge in [-0.2, -0.15) is 0 Å². The smallest absolute Gasteiger partial charge is 0.231 e. The fourth-order valence-electron chi connectivity index (χ4n) is 1.77. The first-order chi connectivity index (χ1) is 9.87. The molecule has 2 aromatic rings. The topological polar surface area (TPSA) is 85.1 Å². The van der Waals surface area contributed by atoms with Crippen LogP contribution in [0.15, 0.2) is 28.7 Å². The molecule has 114 valence electrons. The van der Waals surface area contributed by atoms with Crippen molar-refractivity contribution >= 4 is 10.0 Å². The zero-order valence-electron chi connectivity index (χ0n) is 12.3. The molecule has 0 fully saturated rings. The van der Waals surface area contributed by atoms with Crippen molar-refractivity contribution in [2.75, 3.05) is 0 Å². The summed E-state index contributed by atoms with van der Waals surface area (Å²) in [5, 5.41) is 7.68. The Labute approximate surface area is 124 Å². The summed E-state index contributed by atoms with van der Waals surface area (Å²) in [7, 11) is -3.44. The highest BCUT2D eigenvalue weighted by Crippen LogP contribution is 2.13. The van der Waals surface area contributed by atoms with E-state index in [1.54, 1.807) is 6.07 Å². The number of rotatable bonds is 6. The van der Waals surface area contributed by atoms with Gasteiger partial charge in [0.05, 0.1) is 12.3 Å². The third kappa shape index (κ3) is 4.37. The maximum absolute atomic E-state index is 12.1. The summed E-state index contributed by atoms with van der Waals surface area (Å²) in [6.07, 6.45) is 0. The molecule has 0 aliphatic heterocycles. The molecule has 0 aliphatic carbocycles. The Morgan fingerprint density at radius 1 is 1.24 bits per heavy atom. The van der Waals surface area contributed by atoms with Gasteiger partial charge in [-0.1, -0.05) is 38.1 Å². The Morgan fingerprint density at radius 2 is 1.95 bits per heavy atom. The van der Waals surface area contributed by atoms with Gasteiger partial charge in [0, 0.05) is 5.92 Å². The van der Waals surface area contributed by atoms with Crippen molar-refractivity contribution in [3.05, 3.63) is 47.2 Å². The minimum Gasteiger partial charge on any atom is -0.424 e. The van der Waals surface area contributed by atoms with Crippen LogP contribution in [0.2, 0.25) is 0 Å². The molecule has 1 aromatic heterocycles. The first kappa shape index (κ1) is 15.7. The fraction of sp³-hybridized carbons (Fsp3) is 0.429. The number of nitrogens with one attached hydrogen (secondary N) is 1. The van der Waals surface area contributed by atoms with Crippen LogP contribution >= 0.6 is 0 Å². The molecule has 0 aliphatic rings. The van der Waals surface area contributed by atoms with Gasteiger partial charge in [0.2, 0.25) is 21.8 Å². The maximum atomic E-state index is 12.1. The first-order valence-corrected chi connectivity index (χ1v) is 8.37. The zero-order chi connectivity index (χ0) is 15.5. The molecule has 0 atom stereocenters. The van der Waals surface area contributed by atoms with Gasteiger partial charge in [-0.25, -0.2) is 13.1 Å². The molecule has 6 nitrogen and oxygen atoms in total. The van der Waals surface area contributed by atoms with Crippen LogP contribution in [0.25, 0.3) is 0 Å². The van der Waals surface area contributed by atoms with Crippen LogP contribution in [0.4, 0.5) is 0 Å². The summed E-state index contributed by atoms with van der Waals surface area (Å²) < 4.78 is 32.0. The molecule has 7 heteroatoms. The molecule has 21 heavy (non-hydrogen) atoms.